The lowest BCUT2D eigenvalue weighted by Crippen LogP contribution is -2.37. The predicted octanol–water partition coefficient (Wildman–Crippen LogP) is 2.34. The van der Waals surface area contributed by atoms with Crippen LogP contribution in [0.25, 0.3) is 0 Å². The number of β-amino-alcohol motifs (C(OH)–C–C–N with tert-alkyl or cyclic N) is 1. The molecule has 0 radical (unpaired) electrons. The van der Waals surface area contributed by atoms with Crippen molar-refractivity contribution in [3.63, 3.8) is 0 Å². The highest BCUT2D eigenvalue weighted by molar-refractivity contribution is 5.28. The number of ether oxygens (including phenoxy) is 1. The molecule has 3 aliphatic rings. The SMILES string of the molecule is OC(COc1cccc(CN2C[C@H]3CNC[C@H]3C2)c1)CN1CCCCCCC1. The monoisotopic (exact) mass is 387 g/mol. The number of rotatable bonds is 7. The molecular formula is C23H37N3O2. The van der Waals surface area contributed by atoms with E-state index in [1.165, 1.54) is 63.8 Å². The molecule has 3 atom stereocenters. The van der Waals surface area contributed by atoms with E-state index in [4.69, 9.17) is 4.74 Å². The molecule has 1 aromatic rings. The van der Waals surface area contributed by atoms with Gasteiger partial charge < -0.3 is 20.1 Å². The Labute approximate surface area is 170 Å². The van der Waals surface area contributed by atoms with E-state index in [0.717, 1.165) is 43.8 Å². The van der Waals surface area contributed by atoms with Crippen LogP contribution in [0.2, 0.25) is 0 Å². The van der Waals surface area contributed by atoms with Crippen molar-refractivity contribution in [2.75, 3.05) is 52.4 Å². The number of hydrogen-bond acceptors (Lipinski definition) is 5. The quantitative estimate of drug-likeness (QED) is 0.752. The molecular weight excluding hydrogens is 350 g/mol. The second-order valence-corrected chi connectivity index (χ2v) is 9.05. The summed E-state index contributed by atoms with van der Waals surface area (Å²) in [6, 6.07) is 8.42. The Bertz CT molecular complexity index is 591. The van der Waals surface area contributed by atoms with Crippen molar-refractivity contribution in [2.24, 2.45) is 11.8 Å². The number of aliphatic hydroxyl groups excluding tert-OH is 1. The summed E-state index contributed by atoms with van der Waals surface area (Å²) in [7, 11) is 0. The average molecular weight is 388 g/mol. The van der Waals surface area contributed by atoms with Crippen LogP contribution in [0.1, 0.15) is 37.7 Å². The fourth-order valence-corrected chi connectivity index (χ4v) is 5.11. The number of aliphatic hydroxyl groups is 1. The van der Waals surface area contributed by atoms with Crippen molar-refractivity contribution in [3.8, 4) is 5.75 Å². The molecule has 2 N–H and O–H groups in total. The standard InChI is InChI=1S/C23H37N3O2/c27-22(17-25-9-4-2-1-3-5-10-25)18-28-23-8-6-7-19(11-23)14-26-15-20-12-24-13-21(20)16-26/h6-8,11,20-22,24,27H,1-5,9-10,12-18H2/t20-,21+,22?. The predicted molar refractivity (Wildman–Crippen MR) is 113 cm³/mol. The summed E-state index contributed by atoms with van der Waals surface area (Å²) in [6.45, 7) is 9.09. The third kappa shape index (κ3) is 5.69. The fourth-order valence-electron chi connectivity index (χ4n) is 5.11. The first-order chi connectivity index (χ1) is 13.8. The van der Waals surface area contributed by atoms with Crippen LogP contribution >= 0.6 is 0 Å². The first-order valence-electron chi connectivity index (χ1n) is 11.3. The van der Waals surface area contributed by atoms with E-state index < -0.39 is 6.10 Å². The van der Waals surface area contributed by atoms with Crippen LogP contribution in [0.4, 0.5) is 0 Å². The second kappa shape index (κ2) is 10.1. The molecule has 0 aliphatic carbocycles. The zero-order valence-electron chi connectivity index (χ0n) is 17.2. The van der Waals surface area contributed by atoms with Crippen molar-refractivity contribution in [3.05, 3.63) is 29.8 Å². The minimum absolute atomic E-state index is 0.374. The topological polar surface area (TPSA) is 48.0 Å². The van der Waals surface area contributed by atoms with E-state index in [2.05, 4.69) is 33.3 Å². The average Bonchev–Trinajstić information content (AvgIpc) is 3.24. The lowest BCUT2D eigenvalue weighted by molar-refractivity contribution is 0.0654. The third-order valence-electron chi connectivity index (χ3n) is 6.63. The number of fused-ring (bicyclic) bond motifs is 1. The Morgan fingerprint density at radius 1 is 1.00 bits per heavy atom. The van der Waals surface area contributed by atoms with E-state index >= 15 is 0 Å². The summed E-state index contributed by atoms with van der Waals surface area (Å²) < 4.78 is 5.94. The van der Waals surface area contributed by atoms with Gasteiger partial charge in [0.15, 0.2) is 0 Å². The molecule has 0 spiro atoms. The highest BCUT2D eigenvalue weighted by Crippen LogP contribution is 2.28. The zero-order valence-corrected chi connectivity index (χ0v) is 17.2. The number of hydrogen-bond donors (Lipinski definition) is 2. The summed E-state index contributed by atoms with van der Waals surface area (Å²) >= 11 is 0. The summed E-state index contributed by atoms with van der Waals surface area (Å²) in [4.78, 5) is 4.98. The number of nitrogens with one attached hydrogen (secondary N) is 1. The van der Waals surface area contributed by atoms with Gasteiger partial charge in [-0.1, -0.05) is 31.4 Å². The van der Waals surface area contributed by atoms with Crippen LogP contribution in [0.5, 0.6) is 5.75 Å². The van der Waals surface area contributed by atoms with Gasteiger partial charge in [-0.25, -0.2) is 0 Å². The van der Waals surface area contributed by atoms with Gasteiger partial charge in [-0.2, -0.15) is 0 Å². The van der Waals surface area contributed by atoms with Crippen LogP contribution in [0.3, 0.4) is 0 Å². The van der Waals surface area contributed by atoms with Crippen molar-refractivity contribution in [1.29, 1.82) is 0 Å². The maximum absolute atomic E-state index is 10.4. The normalized spacial score (nSPS) is 27.9. The fraction of sp³-hybridized carbons (Fsp3) is 0.739. The van der Waals surface area contributed by atoms with E-state index in [1.54, 1.807) is 0 Å². The molecule has 3 saturated heterocycles. The Hall–Kier alpha value is -1.14. The first-order valence-corrected chi connectivity index (χ1v) is 11.3. The maximum Gasteiger partial charge on any atom is 0.119 e. The van der Waals surface area contributed by atoms with Crippen molar-refractivity contribution in [1.82, 2.24) is 15.1 Å². The molecule has 5 nitrogen and oxygen atoms in total. The molecule has 156 valence electrons. The first kappa shape index (κ1) is 20.1. The molecule has 5 heteroatoms. The van der Waals surface area contributed by atoms with Crippen molar-refractivity contribution in [2.45, 2.75) is 44.8 Å². The van der Waals surface area contributed by atoms with Gasteiger partial charge in [0.25, 0.3) is 0 Å². The Balaban J connectivity index is 1.22. The lowest BCUT2D eigenvalue weighted by atomic mass is 10.0. The Kier molecular flexibility index (Phi) is 7.24. The highest BCUT2D eigenvalue weighted by Gasteiger charge is 2.35. The lowest BCUT2D eigenvalue weighted by Gasteiger charge is -2.26. The van der Waals surface area contributed by atoms with E-state index in [9.17, 15) is 5.11 Å². The molecule has 3 aliphatic heterocycles. The molecule has 3 fully saturated rings. The minimum Gasteiger partial charge on any atom is -0.491 e. The van der Waals surface area contributed by atoms with Crippen LogP contribution in [0, 0.1) is 11.8 Å². The highest BCUT2D eigenvalue weighted by atomic mass is 16.5. The number of benzene rings is 1. The van der Waals surface area contributed by atoms with E-state index in [0.29, 0.717) is 6.61 Å². The van der Waals surface area contributed by atoms with Gasteiger partial charge in [-0.05, 0) is 68.6 Å². The minimum atomic E-state index is -0.423. The molecule has 4 rings (SSSR count). The summed E-state index contributed by atoms with van der Waals surface area (Å²) in [5.74, 6) is 2.54. The molecule has 1 aromatic carbocycles. The Morgan fingerprint density at radius 3 is 2.46 bits per heavy atom. The largest absolute Gasteiger partial charge is 0.491 e. The van der Waals surface area contributed by atoms with Gasteiger partial charge in [-0.15, -0.1) is 0 Å². The Morgan fingerprint density at radius 2 is 1.71 bits per heavy atom. The molecule has 0 amide bonds. The molecule has 3 heterocycles. The van der Waals surface area contributed by atoms with Crippen LogP contribution < -0.4 is 10.1 Å². The van der Waals surface area contributed by atoms with E-state index in [1.807, 2.05) is 6.07 Å². The number of nitrogens with zero attached hydrogens (tertiary/aromatic N) is 2. The van der Waals surface area contributed by atoms with Gasteiger partial charge in [0.05, 0.1) is 0 Å². The zero-order chi connectivity index (χ0) is 19.2. The summed E-state index contributed by atoms with van der Waals surface area (Å²) in [6.07, 6.45) is 6.10. The third-order valence-corrected chi connectivity index (χ3v) is 6.63. The summed E-state index contributed by atoms with van der Waals surface area (Å²) in [5, 5.41) is 13.9. The van der Waals surface area contributed by atoms with Gasteiger partial charge in [0.1, 0.15) is 18.5 Å². The van der Waals surface area contributed by atoms with Gasteiger partial charge >= 0.3 is 0 Å². The van der Waals surface area contributed by atoms with E-state index in [-0.39, 0.29) is 0 Å². The molecule has 0 bridgehead atoms. The van der Waals surface area contributed by atoms with Crippen LogP contribution in [-0.2, 0) is 6.54 Å². The van der Waals surface area contributed by atoms with Crippen LogP contribution in [0.15, 0.2) is 24.3 Å². The van der Waals surface area contributed by atoms with Crippen LogP contribution in [-0.4, -0.2) is 73.4 Å². The maximum atomic E-state index is 10.4. The van der Waals surface area contributed by atoms with Gasteiger partial charge in [0.2, 0.25) is 0 Å². The smallest absolute Gasteiger partial charge is 0.119 e. The van der Waals surface area contributed by atoms with Gasteiger partial charge in [-0.3, -0.25) is 4.90 Å². The second-order valence-electron chi connectivity index (χ2n) is 9.05. The molecule has 0 saturated carbocycles. The molecule has 1 unspecified atom stereocenters. The molecule has 28 heavy (non-hydrogen) atoms. The summed E-state index contributed by atoms with van der Waals surface area (Å²) in [5.41, 5.74) is 1.31. The van der Waals surface area contributed by atoms with Crippen molar-refractivity contribution >= 4 is 0 Å². The molecule has 0 aromatic heterocycles. The number of likely N-dealkylation sites (tertiary alicyclic amines) is 2. The van der Waals surface area contributed by atoms with Gasteiger partial charge in [0, 0.05) is 26.2 Å². The van der Waals surface area contributed by atoms with Crippen molar-refractivity contribution < 1.29 is 9.84 Å².